The van der Waals surface area contributed by atoms with E-state index in [-0.39, 0.29) is 61.5 Å². The van der Waals surface area contributed by atoms with E-state index in [9.17, 15) is 48.5 Å². The SMILES string of the molecule is Nc1c(S(=O)(=O)O)cc(Nc2ccc(Nc3nc(Cl)nc(Nc4ccc(S(=O)(=O)O)cc4)n3)c(S(=O)(=O)O)c2)c2c1C(=O)c1ccccc1C2=O. The van der Waals surface area contributed by atoms with Gasteiger partial charge in [-0.05, 0) is 60.1 Å². The lowest BCUT2D eigenvalue weighted by Gasteiger charge is -2.24. The van der Waals surface area contributed by atoms with Crippen molar-refractivity contribution in [2.24, 2.45) is 0 Å². The van der Waals surface area contributed by atoms with Crippen molar-refractivity contribution in [3.63, 3.8) is 0 Å². The van der Waals surface area contributed by atoms with Crippen LogP contribution in [-0.2, 0) is 30.4 Å². The second kappa shape index (κ2) is 12.6. The Kier molecular flexibility index (Phi) is 8.75. The quantitative estimate of drug-likeness (QED) is 0.0810. The van der Waals surface area contributed by atoms with Crippen LogP contribution in [0.3, 0.4) is 0 Å². The maximum Gasteiger partial charge on any atom is 0.296 e. The summed E-state index contributed by atoms with van der Waals surface area (Å²) in [5.74, 6) is -2.04. The molecule has 1 aliphatic carbocycles. The van der Waals surface area contributed by atoms with Crippen LogP contribution < -0.4 is 21.7 Å². The van der Waals surface area contributed by atoms with Gasteiger partial charge < -0.3 is 21.7 Å². The number of halogens is 1. The third kappa shape index (κ3) is 7.07. The minimum absolute atomic E-state index is 0.0183. The van der Waals surface area contributed by atoms with Crippen LogP contribution >= 0.6 is 11.6 Å². The molecule has 0 saturated heterocycles. The molecule has 0 atom stereocenters. The summed E-state index contributed by atoms with van der Waals surface area (Å²) in [6, 6.07) is 14.6. The van der Waals surface area contributed by atoms with Gasteiger partial charge in [0.05, 0.1) is 33.1 Å². The average Bonchev–Trinajstić information content (AvgIpc) is 3.03. The molecule has 5 aromatic rings. The van der Waals surface area contributed by atoms with Crippen LogP contribution in [0.2, 0.25) is 5.28 Å². The van der Waals surface area contributed by atoms with E-state index in [1.807, 2.05) is 0 Å². The molecule has 1 aliphatic rings. The van der Waals surface area contributed by atoms with Crippen molar-refractivity contribution in [1.82, 2.24) is 15.0 Å². The van der Waals surface area contributed by atoms with Crippen molar-refractivity contribution in [3.8, 4) is 0 Å². The smallest absolute Gasteiger partial charge is 0.296 e. The Bertz CT molecular complexity index is 2660. The second-order valence-corrected chi connectivity index (χ2v) is 15.1. The van der Waals surface area contributed by atoms with Gasteiger partial charge in [-0.15, -0.1) is 0 Å². The summed E-state index contributed by atoms with van der Waals surface area (Å²) in [7, 11) is -14.5. The van der Waals surface area contributed by atoms with Crippen molar-refractivity contribution >= 4 is 93.9 Å². The lowest BCUT2D eigenvalue weighted by atomic mass is 9.82. The Labute approximate surface area is 293 Å². The van der Waals surface area contributed by atoms with E-state index in [1.165, 1.54) is 42.5 Å². The van der Waals surface area contributed by atoms with Gasteiger partial charge in [0.1, 0.15) is 9.79 Å². The van der Waals surface area contributed by atoms with Crippen LogP contribution in [0.4, 0.5) is 40.3 Å². The van der Waals surface area contributed by atoms with Crippen molar-refractivity contribution < 1.29 is 48.5 Å². The fraction of sp³-hybridized carbons (Fsp3) is 0. The van der Waals surface area contributed by atoms with Crippen molar-refractivity contribution in [1.29, 1.82) is 0 Å². The number of hydrogen-bond acceptors (Lipinski definition) is 15. The number of nitrogens with one attached hydrogen (secondary N) is 3. The maximum absolute atomic E-state index is 13.6. The number of fused-ring (bicyclic) bond motifs is 2. The van der Waals surface area contributed by atoms with Gasteiger partial charge in [-0.3, -0.25) is 23.2 Å². The zero-order valence-corrected chi connectivity index (χ0v) is 28.3. The molecule has 0 amide bonds. The van der Waals surface area contributed by atoms with E-state index in [0.29, 0.717) is 0 Å². The lowest BCUT2D eigenvalue weighted by molar-refractivity contribution is 0.0980. The first-order valence-corrected chi connectivity index (χ1v) is 18.5. The lowest BCUT2D eigenvalue weighted by Crippen LogP contribution is -2.25. The van der Waals surface area contributed by atoms with Crippen LogP contribution in [0.25, 0.3) is 0 Å². The monoisotopic (exact) mass is 773 g/mol. The van der Waals surface area contributed by atoms with E-state index in [0.717, 1.165) is 30.3 Å². The number of benzene rings is 4. The number of hydrogen-bond donors (Lipinski definition) is 7. The molecule has 0 radical (unpaired) electrons. The average molecular weight is 774 g/mol. The first-order valence-electron chi connectivity index (χ1n) is 13.9. The molecule has 0 fully saturated rings. The normalized spacial score (nSPS) is 12.9. The summed E-state index contributed by atoms with van der Waals surface area (Å²) < 4.78 is 101. The standard InChI is InChI=1S/C29H20ClN7O11S3/c30-27-35-28(33-13-5-8-15(9-6-13)49(40,41)42)37-29(36-27)34-18-10-7-14(11-20(18)50(43,44)45)32-19-12-21(51(46,47)48)24(31)23-22(19)25(38)16-3-1-2-4-17(16)26(23)39/h1-12,32H,31H2,(H,40,41,42)(H,43,44,45)(H,46,47,48)(H2,33,34,35,36,37). The van der Waals surface area contributed by atoms with Crippen LogP contribution in [0, 0.1) is 0 Å². The molecule has 0 spiro atoms. The number of aromatic nitrogens is 3. The minimum atomic E-state index is -5.05. The molecule has 22 heteroatoms. The zero-order valence-electron chi connectivity index (χ0n) is 25.1. The topological polar surface area (TPSA) is 298 Å². The second-order valence-electron chi connectivity index (χ2n) is 10.6. The molecule has 8 N–H and O–H groups in total. The Balaban J connectivity index is 1.37. The van der Waals surface area contributed by atoms with Crippen molar-refractivity contribution in [3.05, 3.63) is 100 Å². The van der Waals surface area contributed by atoms with E-state index < -0.39 is 63.0 Å². The molecule has 0 saturated carbocycles. The highest BCUT2D eigenvalue weighted by atomic mass is 35.5. The number of ketones is 2. The first kappa shape index (κ1) is 35.3. The Morgan fingerprint density at radius 2 is 1.14 bits per heavy atom. The van der Waals surface area contributed by atoms with Gasteiger partial charge in [0, 0.05) is 22.5 Å². The van der Waals surface area contributed by atoms with Gasteiger partial charge in [0.25, 0.3) is 30.4 Å². The first-order chi connectivity index (χ1) is 23.8. The van der Waals surface area contributed by atoms with E-state index in [4.69, 9.17) is 17.3 Å². The fourth-order valence-corrected chi connectivity index (χ4v) is 7.06. The van der Waals surface area contributed by atoms with E-state index in [1.54, 1.807) is 0 Å². The summed E-state index contributed by atoms with van der Waals surface area (Å²) >= 11 is 6.03. The molecule has 262 valence electrons. The Morgan fingerprint density at radius 3 is 1.71 bits per heavy atom. The molecule has 4 aromatic carbocycles. The van der Waals surface area contributed by atoms with Crippen LogP contribution in [-0.4, -0.2) is 65.4 Å². The summed E-state index contributed by atoms with van der Waals surface area (Å²) in [6.07, 6.45) is 0. The highest BCUT2D eigenvalue weighted by Gasteiger charge is 2.36. The molecule has 51 heavy (non-hydrogen) atoms. The maximum atomic E-state index is 13.6. The molecule has 1 heterocycles. The van der Waals surface area contributed by atoms with Gasteiger partial charge >= 0.3 is 0 Å². The van der Waals surface area contributed by atoms with Crippen molar-refractivity contribution in [2.45, 2.75) is 14.7 Å². The molecule has 0 aliphatic heterocycles. The largest absolute Gasteiger partial charge is 0.397 e. The van der Waals surface area contributed by atoms with Gasteiger partial charge in [-0.25, -0.2) is 0 Å². The van der Waals surface area contributed by atoms with Gasteiger partial charge in [0.2, 0.25) is 17.2 Å². The summed E-state index contributed by atoms with van der Waals surface area (Å²) in [4.78, 5) is 36.9. The number of nitrogens with zero attached hydrogens (tertiary/aromatic N) is 3. The third-order valence-electron chi connectivity index (χ3n) is 7.28. The predicted octanol–water partition coefficient (Wildman–Crippen LogP) is 3.85. The zero-order chi connectivity index (χ0) is 37.0. The van der Waals surface area contributed by atoms with Gasteiger partial charge in [0.15, 0.2) is 11.6 Å². The summed E-state index contributed by atoms with van der Waals surface area (Å²) in [5, 5.41) is 7.62. The van der Waals surface area contributed by atoms with Crippen LogP contribution in [0.15, 0.2) is 87.5 Å². The van der Waals surface area contributed by atoms with Crippen LogP contribution in [0.5, 0.6) is 0 Å². The number of carbonyl (C=O) groups excluding carboxylic acids is 2. The number of rotatable bonds is 9. The molecule has 6 rings (SSSR count). The van der Waals surface area contributed by atoms with E-state index >= 15 is 0 Å². The molecular weight excluding hydrogens is 754 g/mol. The van der Waals surface area contributed by atoms with Crippen LogP contribution in [0.1, 0.15) is 31.8 Å². The minimum Gasteiger partial charge on any atom is -0.397 e. The highest BCUT2D eigenvalue weighted by Crippen LogP contribution is 2.40. The number of anilines is 7. The van der Waals surface area contributed by atoms with Gasteiger partial charge in [-0.1, -0.05) is 24.3 Å². The predicted molar refractivity (Wildman–Crippen MR) is 181 cm³/mol. The Morgan fingerprint density at radius 1 is 0.588 bits per heavy atom. The third-order valence-corrected chi connectivity index (χ3v) is 10.1. The highest BCUT2D eigenvalue weighted by molar-refractivity contribution is 7.86. The summed E-state index contributed by atoms with van der Waals surface area (Å²) in [6.45, 7) is 0. The molecular formula is C29H20ClN7O11S3. The molecule has 0 unspecified atom stereocenters. The van der Waals surface area contributed by atoms with E-state index in [2.05, 4.69) is 30.9 Å². The molecule has 0 bridgehead atoms. The van der Waals surface area contributed by atoms with Gasteiger partial charge in [-0.2, -0.15) is 40.2 Å². The number of carbonyl (C=O) groups is 2. The number of nitrogens with two attached hydrogens (primary N) is 1. The Hall–Kier alpha value is -5.55. The molecule has 1 aromatic heterocycles. The number of nitrogen functional groups attached to an aromatic ring is 1. The summed E-state index contributed by atoms with van der Waals surface area (Å²) in [5.41, 5.74) is 3.86. The van der Waals surface area contributed by atoms with Crippen molar-refractivity contribution in [2.75, 3.05) is 21.7 Å². The fourth-order valence-electron chi connectivity index (χ4n) is 5.10. The molecule has 18 nitrogen and oxygen atoms in total.